The van der Waals surface area contributed by atoms with Crippen LogP contribution in [0.4, 0.5) is 0 Å². The fourth-order valence-corrected chi connectivity index (χ4v) is 5.15. The largest absolute Gasteiger partial charge is 0.381 e. The summed E-state index contributed by atoms with van der Waals surface area (Å²) in [5, 5.41) is 9.79. The molecule has 0 amide bonds. The van der Waals surface area contributed by atoms with Gasteiger partial charge >= 0.3 is 0 Å². The van der Waals surface area contributed by atoms with E-state index >= 15 is 0 Å². The number of nitrogens with zero attached hydrogens (tertiary/aromatic N) is 6. The highest BCUT2D eigenvalue weighted by molar-refractivity contribution is 7.84. The standard InChI is InChI=1S/C21H24N6O2S/c1-13-20(26(2)25-24-13)15-10-17-19(23-11-15)18-16(4-7-22-21(18)30(3)28)27(17)12-14-5-8-29-9-6-14/h4,7,10-11,14H,5-6,8-9,12H2,1-3H3. The Labute approximate surface area is 176 Å². The second-order valence-electron chi connectivity index (χ2n) is 7.87. The van der Waals surface area contributed by atoms with Gasteiger partial charge in [0.05, 0.1) is 44.1 Å². The molecule has 0 aromatic carbocycles. The van der Waals surface area contributed by atoms with Gasteiger partial charge in [0.2, 0.25) is 0 Å². The van der Waals surface area contributed by atoms with Gasteiger partial charge in [-0.3, -0.25) is 9.19 Å². The van der Waals surface area contributed by atoms with Gasteiger partial charge in [0.25, 0.3) is 0 Å². The van der Waals surface area contributed by atoms with Gasteiger partial charge in [-0.15, -0.1) is 5.10 Å². The second kappa shape index (κ2) is 7.55. The lowest BCUT2D eigenvalue weighted by Gasteiger charge is -2.23. The van der Waals surface area contributed by atoms with E-state index in [-0.39, 0.29) is 0 Å². The summed E-state index contributed by atoms with van der Waals surface area (Å²) in [5.41, 5.74) is 5.67. The van der Waals surface area contributed by atoms with E-state index in [1.807, 2.05) is 26.2 Å². The fraction of sp³-hybridized carbons (Fsp3) is 0.429. The number of aryl methyl sites for hydroxylation is 2. The van der Waals surface area contributed by atoms with Crippen LogP contribution in [-0.4, -0.2) is 53.2 Å². The summed E-state index contributed by atoms with van der Waals surface area (Å²) < 4.78 is 22.1. The van der Waals surface area contributed by atoms with Crippen LogP contribution in [0.1, 0.15) is 18.5 Å². The van der Waals surface area contributed by atoms with Crippen molar-refractivity contribution in [1.82, 2.24) is 29.5 Å². The summed E-state index contributed by atoms with van der Waals surface area (Å²) >= 11 is 0. The van der Waals surface area contributed by atoms with Crippen LogP contribution in [0.15, 0.2) is 29.6 Å². The maximum absolute atomic E-state index is 12.4. The predicted molar refractivity (Wildman–Crippen MR) is 116 cm³/mol. The van der Waals surface area contributed by atoms with E-state index in [4.69, 9.17) is 9.72 Å². The molecule has 30 heavy (non-hydrogen) atoms. The van der Waals surface area contributed by atoms with Crippen LogP contribution in [0.5, 0.6) is 0 Å². The van der Waals surface area contributed by atoms with E-state index in [0.29, 0.717) is 10.9 Å². The van der Waals surface area contributed by atoms with Crippen LogP contribution < -0.4 is 0 Å². The fourth-order valence-electron chi connectivity index (χ4n) is 4.45. The summed E-state index contributed by atoms with van der Waals surface area (Å²) in [7, 11) is 0.685. The van der Waals surface area contributed by atoms with E-state index in [0.717, 1.165) is 71.5 Å². The third-order valence-electron chi connectivity index (χ3n) is 5.90. The average Bonchev–Trinajstić information content (AvgIpc) is 3.25. The van der Waals surface area contributed by atoms with E-state index < -0.39 is 10.8 Å². The van der Waals surface area contributed by atoms with Crippen LogP contribution >= 0.6 is 0 Å². The minimum atomic E-state index is -1.20. The maximum atomic E-state index is 12.4. The van der Waals surface area contributed by atoms with Crippen LogP contribution in [0, 0.1) is 12.8 Å². The van der Waals surface area contributed by atoms with E-state index in [1.165, 1.54) is 0 Å². The molecule has 5 rings (SSSR count). The molecule has 1 fully saturated rings. The zero-order chi connectivity index (χ0) is 20.8. The van der Waals surface area contributed by atoms with Crippen molar-refractivity contribution >= 4 is 32.7 Å². The Morgan fingerprint density at radius 1 is 1.23 bits per heavy atom. The Morgan fingerprint density at radius 3 is 2.73 bits per heavy atom. The Balaban J connectivity index is 1.77. The number of fused-ring (bicyclic) bond motifs is 3. The summed E-state index contributed by atoms with van der Waals surface area (Å²) in [6.45, 7) is 4.43. The summed E-state index contributed by atoms with van der Waals surface area (Å²) in [4.78, 5) is 9.24. The minimum absolute atomic E-state index is 0.532. The van der Waals surface area contributed by atoms with Gasteiger partial charge in [-0.2, -0.15) is 0 Å². The zero-order valence-corrected chi connectivity index (χ0v) is 18.1. The smallest absolute Gasteiger partial charge is 0.138 e. The number of ether oxygens (including phenoxy) is 1. The van der Waals surface area contributed by atoms with Crippen LogP contribution in [0.3, 0.4) is 0 Å². The normalized spacial score (nSPS) is 16.5. The Morgan fingerprint density at radius 2 is 2.03 bits per heavy atom. The van der Waals surface area contributed by atoms with E-state index in [1.54, 1.807) is 17.1 Å². The maximum Gasteiger partial charge on any atom is 0.138 e. The molecule has 4 aromatic rings. The molecule has 1 unspecified atom stereocenters. The molecule has 1 saturated heterocycles. The first-order chi connectivity index (χ1) is 14.5. The predicted octanol–water partition coefficient (Wildman–Crippen LogP) is 2.85. The molecule has 1 atom stereocenters. The number of pyridine rings is 2. The molecule has 1 aliphatic heterocycles. The molecule has 0 spiro atoms. The summed E-state index contributed by atoms with van der Waals surface area (Å²) in [6.07, 6.45) is 7.34. The number of hydrogen-bond acceptors (Lipinski definition) is 6. The quantitative estimate of drug-likeness (QED) is 0.501. The molecule has 9 heteroatoms. The average molecular weight is 425 g/mol. The molecular weight excluding hydrogens is 400 g/mol. The third-order valence-corrected chi connectivity index (χ3v) is 6.76. The number of rotatable bonds is 4. The molecule has 4 aromatic heterocycles. The van der Waals surface area contributed by atoms with E-state index in [9.17, 15) is 4.21 Å². The molecule has 156 valence electrons. The first-order valence-corrected chi connectivity index (χ1v) is 11.6. The zero-order valence-electron chi connectivity index (χ0n) is 17.3. The summed E-state index contributed by atoms with van der Waals surface area (Å²) in [5.74, 6) is 0.532. The van der Waals surface area contributed by atoms with Crippen LogP contribution in [-0.2, 0) is 29.1 Å². The third kappa shape index (κ3) is 3.13. The summed E-state index contributed by atoms with van der Waals surface area (Å²) in [6, 6.07) is 4.15. The Bertz CT molecular complexity index is 1250. The van der Waals surface area contributed by atoms with Gasteiger partial charge in [0.1, 0.15) is 5.03 Å². The lowest BCUT2D eigenvalue weighted by Crippen LogP contribution is -2.20. The lowest BCUT2D eigenvalue weighted by molar-refractivity contribution is 0.0620. The highest BCUT2D eigenvalue weighted by atomic mass is 32.2. The molecule has 1 aliphatic rings. The highest BCUT2D eigenvalue weighted by Gasteiger charge is 2.22. The van der Waals surface area contributed by atoms with Crippen molar-refractivity contribution < 1.29 is 8.95 Å². The van der Waals surface area contributed by atoms with Crippen molar-refractivity contribution in [3.05, 3.63) is 30.2 Å². The van der Waals surface area contributed by atoms with E-state index in [2.05, 4.69) is 25.9 Å². The van der Waals surface area contributed by atoms with Crippen molar-refractivity contribution in [2.45, 2.75) is 31.3 Å². The molecule has 8 nitrogen and oxygen atoms in total. The van der Waals surface area contributed by atoms with Crippen LogP contribution in [0.25, 0.3) is 33.2 Å². The lowest BCUT2D eigenvalue weighted by atomic mass is 10.0. The van der Waals surface area contributed by atoms with Crippen molar-refractivity contribution in [2.75, 3.05) is 19.5 Å². The molecule has 0 saturated carbocycles. The Kier molecular flexibility index (Phi) is 4.86. The van der Waals surface area contributed by atoms with Crippen molar-refractivity contribution in [1.29, 1.82) is 0 Å². The first-order valence-electron chi connectivity index (χ1n) is 10.1. The topological polar surface area (TPSA) is 87.7 Å². The molecule has 0 N–H and O–H groups in total. The molecule has 0 aliphatic carbocycles. The molecular formula is C21H24N6O2S. The number of aromatic nitrogens is 6. The minimum Gasteiger partial charge on any atom is -0.381 e. The van der Waals surface area contributed by atoms with Gasteiger partial charge in [-0.1, -0.05) is 5.21 Å². The number of hydrogen-bond donors (Lipinski definition) is 0. The van der Waals surface area contributed by atoms with Crippen LogP contribution in [0.2, 0.25) is 0 Å². The van der Waals surface area contributed by atoms with Crippen molar-refractivity contribution in [3.8, 4) is 11.3 Å². The van der Waals surface area contributed by atoms with Gasteiger partial charge in [0, 0.05) is 51.0 Å². The SMILES string of the molecule is Cc1nnn(C)c1-c1cnc2c3c(S(C)=O)nccc3n(CC3CCOCC3)c2c1. The van der Waals surface area contributed by atoms with Crippen molar-refractivity contribution in [3.63, 3.8) is 0 Å². The Hall–Kier alpha value is -2.65. The monoisotopic (exact) mass is 424 g/mol. The van der Waals surface area contributed by atoms with Crippen molar-refractivity contribution in [2.24, 2.45) is 13.0 Å². The van der Waals surface area contributed by atoms with Gasteiger partial charge in [-0.25, -0.2) is 9.67 Å². The molecule has 0 bridgehead atoms. The molecule has 5 heterocycles. The van der Waals surface area contributed by atoms with Gasteiger partial charge in [-0.05, 0) is 37.8 Å². The van der Waals surface area contributed by atoms with Gasteiger partial charge in [0.15, 0.2) is 0 Å². The van der Waals surface area contributed by atoms with Gasteiger partial charge < -0.3 is 9.30 Å². The molecule has 0 radical (unpaired) electrons. The second-order valence-corrected chi connectivity index (χ2v) is 9.16. The highest BCUT2D eigenvalue weighted by Crippen LogP contribution is 2.34. The first kappa shape index (κ1) is 19.3.